The molecule has 0 unspecified atom stereocenters. The van der Waals surface area contributed by atoms with E-state index in [-0.39, 0.29) is 17.2 Å². The number of carboxylic acids is 1. The van der Waals surface area contributed by atoms with Gasteiger partial charge >= 0.3 is 5.97 Å². The number of anilines is 2. The van der Waals surface area contributed by atoms with Crippen LogP contribution in [0.2, 0.25) is 0 Å². The van der Waals surface area contributed by atoms with Crippen molar-refractivity contribution in [1.29, 1.82) is 0 Å². The van der Waals surface area contributed by atoms with Crippen LogP contribution in [0.25, 0.3) is 0 Å². The predicted octanol–water partition coefficient (Wildman–Crippen LogP) is 1.33. The van der Waals surface area contributed by atoms with E-state index in [9.17, 15) is 14.4 Å². The molecule has 2 aromatic rings. The van der Waals surface area contributed by atoms with Gasteiger partial charge in [0.05, 0.1) is 0 Å². The van der Waals surface area contributed by atoms with Gasteiger partial charge in [0, 0.05) is 31.5 Å². The zero-order valence-electron chi connectivity index (χ0n) is 12.0. The lowest BCUT2D eigenvalue weighted by Gasteiger charge is -2.06. The van der Waals surface area contributed by atoms with Crippen LogP contribution in [0.5, 0.6) is 0 Å². The Morgan fingerprint density at radius 2 is 1.64 bits per heavy atom. The van der Waals surface area contributed by atoms with Gasteiger partial charge in [-0.2, -0.15) is 5.10 Å². The Hall–Kier alpha value is -3.16. The summed E-state index contributed by atoms with van der Waals surface area (Å²) in [6.45, 7) is 1.39. The molecule has 3 N–H and O–H groups in total. The second-order valence-corrected chi connectivity index (χ2v) is 4.58. The first-order valence-electron chi connectivity index (χ1n) is 6.33. The summed E-state index contributed by atoms with van der Waals surface area (Å²) in [5.74, 6) is -2.04. The van der Waals surface area contributed by atoms with Crippen LogP contribution in [0.4, 0.5) is 11.4 Å². The highest BCUT2D eigenvalue weighted by molar-refractivity contribution is 6.09. The van der Waals surface area contributed by atoms with Gasteiger partial charge in [0.15, 0.2) is 5.69 Å². The number of aromatic carboxylic acids is 1. The molecule has 2 amide bonds. The van der Waals surface area contributed by atoms with Crippen molar-refractivity contribution in [2.45, 2.75) is 6.92 Å². The summed E-state index contributed by atoms with van der Waals surface area (Å²) in [6, 6.07) is 6.42. The average Bonchev–Trinajstić information content (AvgIpc) is 2.83. The van der Waals surface area contributed by atoms with Crippen molar-refractivity contribution >= 4 is 29.2 Å². The van der Waals surface area contributed by atoms with Gasteiger partial charge in [-0.15, -0.1) is 0 Å². The van der Waals surface area contributed by atoms with Gasteiger partial charge < -0.3 is 15.7 Å². The number of aryl methyl sites for hydroxylation is 1. The van der Waals surface area contributed by atoms with E-state index in [1.807, 2.05) is 0 Å². The molecular formula is C14H14N4O4. The normalized spacial score (nSPS) is 10.1. The fourth-order valence-electron chi connectivity index (χ4n) is 1.84. The highest BCUT2D eigenvalue weighted by atomic mass is 16.4. The third-order valence-corrected chi connectivity index (χ3v) is 2.74. The number of benzene rings is 1. The molecule has 0 saturated heterocycles. The van der Waals surface area contributed by atoms with Crippen LogP contribution in [0.3, 0.4) is 0 Å². The number of hydrogen-bond donors (Lipinski definition) is 3. The number of nitrogens with one attached hydrogen (secondary N) is 2. The minimum Gasteiger partial charge on any atom is -0.478 e. The smallest absolute Gasteiger partial charge is 0.339 e. The van der Waals surface area contributed by atoms with E-state index in [4.69, 9.17) is 5.11 Å². The van der Waals surface area contributed by atoms with E-state index in [1.165, 1.54) is 24.9 Å². The van der Waals surface area contributed by atoms with E-state index in [0.717, 1.165) is 0 Å². The molecule has 1 aromatic heterocycles. The first kappa shape index (κ1) is 15.2. The Balaban J connectivity index is 2.15. The molecule has 8 nitrogen and oxygen atoms in total. The largest absolute Gasteiger partial charge is 0.478 e. The zero-order chi connectivity index (χ0) is 16.3. The molecule has 0 fully saturated rings. The number of carbonyl (C=O) groups is 3. The number of rotatable bonds is 4. The highest BCUT2D eigenvalue weighted by Crippen LogP contribution is 2.15. The molecule has 2 rings (SSSR count). The lowest BCUT2D eigenvalue weighted by Crippen LogP contribution is -2.16. The quantitative estimate of drug-likeness (QED) is 0.788. The van der Waals surface area contributed by atoms with Crippen LogP contribution in [-0.2, 0) is 11.8 Å². The van der Waals surface area contributed by atoms with E-state index in [2.05, 4.69) is 15.7 Å². The SMILES string of the molecule is CC(=O)Nc1ccc(NC(=O)c2nn(C)cc2C(=O)O)cc1. The molecule has 22 heavy (non-hydrogen) atoms. The zero-order valence-corrected chi connectivity index (χ0v) is 12.0. The summed E-state index contributed by atoms with van der Waals surface area (Å²) in [5, 5.41) is 18.0. The Labute approximate surface area is 125 Å². The monoisotopic (exact) mass is 302 g/mol. The molecule has 114 valence electrons. The summed E-state index contributed by atoms with van der Waals surface area (Å²) >= 11 is 0. The van der Waals surface area contributed by atoms with Crippen molar-refractivity contribution in [3.63, 3.8) is 0 Å². The van der Waals surface area contributed by atoms with Crippen molar-refractivity contribution in [3.8, 4) is 0 Å². The van der Waals surface area contributed by atoms with Crippen LogP contribution in [0, 0.1) is 0 Å². The van der Waals surface area contributed by atoms with Crippen molar-refractivity contribution in [2.75, 3.05) is 10.6 Å². The average molecular weight is 302 g/mol. The van der Waals surface area contributed by atoms with Crippen molar-refractivity contribution < 1.29 is 19.5 Å². The Morgan fingerprint density at radius 3 is 2.14 bits per heavy atom. The molecule has 1 heterocycles. The molecule has 0 saturated carbocycles. The molecule has 0 aliphatic heterocycles. The minimum atomic E-state index is -1.22. The van der Waals surface area contributed by atoms with Gasteiger partial charge in [0.25, 0.3) is 5.91 Å². The molecule has 0 spiro atoms. The van der Waals surface area contributed by atoms with Crippen LogP contribution in [0.1, 0.15) is 27.8 Å². The first-order chi connectivity index (χ1) is 10.4. The fraction of sp³-hybridized carbons (Fsp3) is 0.143. The van der Waals surface area contributed by atoms with Crippen molar-refractivity contribution in [3.05, 3.63) is 41.7 Å². The number of nitrogens with zero attached hydrogens (tertiary/aromatic N) is 2. The lowest BCUT2D eigenvalue weighted by atomic mass is 10.2. The van der Waals surface area contributed by atoms with Gasteiger partial charge in [-0.25, -0.2) is 4.79 Å². The van der Waals surface area contributed by atoms with Crippen LogP contribution in [0.15, 0.2) is 30.5 Å². The van der Waals surface area contributed by atoms with Gasteiger partial charge in [-0.3, -0.25) is 14.3 Å². The number of carbonyl (C=O) groups excluding carboxylic acids is 2. The molecule has 1 aromatic carbocycles. The Kier molecular flexibility index (Phi) is 4.21. The number of amides is 2. The summed E-state index contributed by atoms with van der Waals surface area (Å²) in [6.07, 6.45) is 1.26. The molecule has 0 aliphatic rings. The van der Waals surface area contributed by atoms with Gasteiger partial charge in [0.2, 0.25) is 5.91 Å². The van der Waals surface area contributed by atoms with E-state index in [0.29, 0.717) is 11.4 Å². The van der Waals surface area contributed by atoms with Crippen LogP contribution < -0.4 is 10.6 Å². The first-order valence-corrected chi connectivity index (χ1v) is 6.33. The number of carboxylic acid groups (broad SMARTS) is 1. The Bertz CT molecular complexity index is 734. The second kappa shape index (κ2) is 6.08. The van der Waals surface area contributed by atoms with E-state index in [1.54, 1.807) is 24.3 Å². The van der Waals surface area contributed by atoms with E-state index >= 15 is 0 Å². The maximum absolute atomic E-state index is 12.1. The maximum atomic E-state index is 12.1. The van der Waals surface area contributed by atoms with Crippen molar-refractivity contribution in [1.82, 2.24) is 9.78 Å². The molecule has 0 radical (unpaired) electrons. The highest BCUT2D eigenvalue weighted by Gasteiger charge is 2.21. The van der Waals surface area contributed by atoms with Crippen LogP contribution >= 0.6 is 0 Å². The van der Waals surface area contributed by atoms with Crippen molar-refractivity contribution in [2.24, 2.45) is 7.05 Å². The summed E-state index contributed by atoms with van der Waals surface area (Å²) in [4.78, 5) is 34.1. The third-order valence-electron chi connectivity index (χ3n) is 2.74. The number of hydrogen-bond acceptors (Lipinski definition) is 4. The summed E-state index contributed by atoms with van der Waals surface area (Å²) < 4.78 is 1.26. The predicted molar refractivity (Wildman–Crippen MR) is 78.9 cm³/mol. The summed E-state index contributed by atoms with van der Waals surface area (Å²) in [7, 11) is 1.53. The maximum Gasteiger partial charge on any atom is 0.339 e. The summed E-state index contributed by atoms with van der Waals surface area (Å²) in [5.41, 5.74) is 0.714. The minimum absolute atomic E-state index is 0.166. The standard InChI is InChI=1S/C14H14N4O4/c1-8(19)15-9-3-5-10(6-4-9)16-13(20)12-11(14(21)22)7-18(2)17-12/h3-7H,1-2H3,(H,15,19)(H,16,20)(H,21,22). The topological polar surface area (TPSA) is 113 Å². The Morgan fingerprint density at radius 1 is 1.09 bits per heavy atom. The molecule has 0 bridgehead atoms. The lowest BCUT2D eigenvalue weighted by molar-refractivity contribution is -0.114. The molecule has 8 heteroatoms. The van der Waals surface area contributed by atoms with Gasteiger partial charge in [-0.05, 0) is 24.3 Å². The van der Waals surface area contributed by atoms with Crippen LogP contribution in [-0.4, -0.2) is 32.7 Å². The second-order valence-electron chi connectivity index (χ2n) is 4.58. The van der Waals surface area contributed by atoms with Gasteiger partial charge in [-0.1, -0.05) is 0 Å². The third kappa shape index (κ3) is 3.48. The fourth-order valence-corrected chi connectivity index (χ4v) is 1.84. The van der Waals surface area contributed by atoms with E-state index < -0.39 is 11.9 Å². The molecule has 0 aliphatic carbocycles. The van der Waals surface area contributed by atoms with Gasteiger partial charge in [0.1, 0.15) is 5.56 Å². The molecule has 0 atom stereocenters. The molecular weight excluding hydrogens is 288 g/mol. The number of aromatic nitrogens is 2.